The third-order valence-corrected chi connectivity index (χ3v) is 6.24. The molecule has 0 saturated heterocycles. The van der Waals surface area contributed by atoms with Crippen molar-refractivity contribution >= 4 is 29.0 Å². The molecule has 2 atom stereocenters. The first-order valence-corrected chi connectivity index (χ1v) is 12.2. The molecule has 2 aromatic heterocycles. The van der Waals surface area contributed by atoms with Gasteiger partial charge in [-0.2, -0.15) is 5.10 Å². The summed E-state index contributed by atoms with van der Waals surface area (Å²) in [6.07, 6.45) is 2.01. The van der Waals surface area contributed by atoms with Crippen LogP contribution in [0.3, 0.4) is 0 Å². The second kappa shape index (κ2) is 11.7. The van der Waals surface area contributed by atoms with E-state index < -0.39 is 17.9 Å². The van der Waals surface area contributed by atoms with Gasteiger partial charge in [-0.25, -0.2) is 9.50 Å². The maximum Gasteiger partial charge on any atom is 0.320 e. The van der Waals surface area contributed by atoms with E-state index in [9.17, 15) is 14.4 Å². The van der Waals surface area contributed by atoms with Gasteiger partial charge in [-0.3, -0.25) is 14.4 Å². The summed E-state index contributed by atoms with van der Waals surface area (Å²) in [4.78, 5) is 40.8. The van der Waals surface area contributed by atoms with Crippen molar-refractivity contribution in [3.63, 3.8) is 0 Å². The van der Waals surface area contributed by atoms with Crippen molar-refractivity contribution in [1.82, 2.24) is 14.6 Å². The van der Waals surface area contributed by atoms with Crippen LogP contribution >= 0.6 is 0 Å². The molecular formula is C28H29N5O6. The average molecular weight is 532 g/mol. The first kappa shape index (κ1) is 27.3. The zero-order chi connectivity index (χ0) is 28.1. The van der Waals surface area contributed by atoms with E-state index in [4.69, 9.17) is 20.3 Å². The zero-order valence-corrected chi connectivity index (χ0v) is 21.7. The highest BCUT2D eigenvalue weighted by Gasteiger charge is 2.19. The molecule has 2 heterocycles. The molecule has 0 radical (unpaired) electrons. The van der Waals surface area contributed by atoms with Gasteiger partial charge >= 0.3 is 5.97 Å². The van der Waals surface area contributed by atoms with Crippen molar-refractivity contribution in [1.29, 1.82) is 0 Å². The monoisotopic (exact) mass is 531 g/mol. The van der Waals surface area contributed by atoms with Crippen molar-refractivity contribution in [3.8, 4) is 22.8 Å². The van der Waals surface area contributed by atoms with Gasteiger partial charge in [0.1, 0.15) is 6.04 Å². The lowest BCUT2D eigenvalue weighted by Gasteiger charge is -2.13. The molecule has 0 fully saturated rings. The van der Waals surface area contributed by atoms with Gasteiger partial charge in [-0.1, -0.05) is 6.92 Å². The Balaban J connectivity index is 1.47. The predicted octanol–water partition coefficient (Wildman–Crippen LogP) is 3.68. The molecule has 0 spiro atoms. The SMILES string of the molecule is COc1ccc(-c2ccnc3cc(C(=O)Nc4ccc(C(=O)CC(C)C[C@H](N)C(=O)O)cc4)nn23)cc1OC. The van der Waals surface area contributed by atoms with Gasteiger partial charge in [0.15, 0.2) is 28.6 Å². The smallest absolute Gasteiger partial charge is 0.320 e. The van der Waals surface area contributed by atoms with Crippen LogP contribution in [0.15, 0.2) is 60.8 Å². The Kier molecular flexibility index (Phi) is 8.21. The number of carboxylic acid groups (broad SMARTS) is 1. The molecule has 39 heavy (non-hydrogen) atoms. The summed E-state index contributed by atoms with van der Waals surface area (Å²) in [6.45, 7) is 1.79. The molecule has 4 aromatic rings. The standard InChI is InChI=1S/C28H29N5O6/c1-16(12-20(29)28(36)37)13-23(34)17-4-7-19(8-5-17)31-27(35)21-15-26-30-11-10-22(33(26)32-21)18-6-9-24(38-2)25(14-18)39-3/h4-11,14-16,20H,12-13,29H2,1-3H3,(H,31,35)(H,36,37)/t16?,20-/m0/s1. The highest BCUT2D eigenvalue weighted by atomic mass is 16.5. The van der Waals surface area contributed by atoms with Crippen LogP contribution < -0.4 is 20.5 Å². The molecule has 1 unspecified atom stereocenters. The molecule has 2 aromatic carbocycles. The van der Waals surface area contributed by atoms with Crippen molar-refractivity contribution in [3.05, 3.63) is 72.1 Å². The summed E-state index contributed by atoms with van der Waals surface area (Å²) in [5.41, 5.74) is 8.67. The largest absolute Gasteiger partial charge is 0.493 e. The van der Waals surface area contributed by atoms with Crippen molar-refractivity contribution < 1.29 is 29.0 Å². The van der Waals surface area contributed by atoms with Gasteiger partial charge in [-0.05, 0) is 60.9 Å². The summed E-state index contributed by atoms with van der Waals surface area (Å²) in [6, 6.07) is 14.3. The van der Waals surface area contributed by atoms with E-state index in [2.05, 4.69) is 15.4 Å². The van der Waals surface area contributed by atoms with Crippen LogP contribution in [0.2, 0.25) is 0 Å². The van der Waals surface area contributed by atoms with E-state index in [1.807, 2.05) is 12.1 Å². The van der Waals surface area contributed by atoms with Crippen LogP contribution in [-0.2, 0) is 4.79 Å². The maximum absolute atomic E-state index is 13.0. The number of carbonyl (C=O) groups is 3. The number of anilines is 1. The summed E-state index contributed by atoms with van der Waals surface area (Å²) in [5.74, 6) is -0.688. The molecule has 4 N–H and O–H groups in total. The Hall–Kier alpha value is -4.77. The number of Topliss-reactive ketones (excluding diaryl/α,β-unsaturated/α-hetero) is 1. The van der Waals surface area contributed by atoms with Crippen LogP contribution in [-0.4, -0.2) is 57.6 Å². The molecule has 0 saturated carbocycles. The molecule has 1 amide bonds. The molecule has 0 aliphatic heterocycles. The third-order valence-electron chi connectivity index (χ3n) is 6.24. The highest BCUT2D eigenvalue weighted by Crippen LogP contribution is 2.32. The van der Waals surface area contributed by atoms with E-state index in [-0.39, 0.29) is 30.2 Å². The lowest BCUT2D eigenvalue weighted by molar-refractivity contribution is -0.138. The fourth-order valence-corrected chi connectivity index (χ4v) is 4.21. The molecule has 202 valence electrons. The molecule has 0 aliphatic carbocycles. The number of hydrogen-bond acceptors (Lipinski definition) is 8. The minimum Gasteiger partial charge on any atom is -0.493 e. The van der Waals surface area contributed by atoms with E-state index in [0.29, 0.717) is 34.1 Å². The number of ketones is 1. The Morgan fingerprint density at radius 3 is 2.41 bits per heavy atom. The number of carboxylic acids is 1. The number of aliphatic carboxylic acids is 1. The second-order valence-corrected chi connectivity index (χ2v) is 9.14. The van der Waals surface area contributed by atoms with E-state index in [1.54, 1.807) is 74.3 Å². The number of nitrogens with zero attached hydrogens (tertiary/aromatic N) is 3. The van der Waals surface area contributed by atoms with Gasteiger partial charge in [0.25, 0.3) is 5.91 Å². The van der Waals surface area contributed by atoms with Crippen LogP contribution in [0.5, 0.6) is 11.5 Å². The van der Waals surface area contributed by atoms with Gasteiger partial charge in [0.2, 0.25) is 0 Å². The normalized spacial score (nSPS) is 12.5. The number of benzene rings is 2. The molecule has 4 rings (SSSR count). The number of aromatic nitrogens is 3. The summed E-state index contributed by atoms with van der Waals surface area (Å²) < 4.78 is 12.3. The topological polar surface area (TPSA) is 158 Å². The van der Waals surface area contributed by atoms with E-state index >= 15 is 0 Å². The Labute approximate surface area is 224 Å². The Morgan fingerprint density at radius 1 is 1.03 bits per heavy atom. The number of nitrogens with one attached hydrogen (secondary N) is 1. The lowest BCUT2D eigenvalue weighted by Crippen LogP contribution is -2.32. The second-order valence-electron chi connectivity index (χ2n) is 9.14. The zero-order valence-electron chi connectivity index (χ0n) is 21.7. The maximum atomic E-state index is 13.0. The fraction of sp³-hybridized carbons (Fsp3) is 0.250. The Morgan fingerprint density at radius 2 is 1.74 bits per heavy atom. The van der Waals surface area contributed by atoms with Gasteiger partial charge in [0.05, 0.1) is 19.9 Å². The molecule has 11 nitrogen and oxygen atoms in total. The van der Waals surface area contributed by atoms with E-state index in [1.165, 1.54) is 0 Å². The number of methoxy groups -OCH3 is 2. The number of carbonyl (C=O) groups excluding carboxylic acids is 2. The molecule has 11 heteroatoms. The summed E-state index contributed by atoms with van der Waals surface area (Å²) in [7, 11) is 3.12. The third kappa shape index (κ3) is 6.21. The Bertz CT molecular complexity index is 1510. The number of fused-ring (bicyclic) bond motifs is 1. The predicted molar refractivity (Wildman–Crippen MR) is 144 cm³/mol. The quantitative estimate of drug-likeness (QED) is 0.245. The minimum absolute atomic E-state index is 0.132. The minimum atomic E-state index is -1.09. The van der Waals surface area contributed by atoms with E-state index in [0.717, 1.165) is 5.56 Å². The first-order valence-electron chi connectivity index (χ1n) is 12.2. The van der Waals surface area contributed by atoms with Crippen LogP contribution in [0, 0.1) is 5.92 Å². The number of rotatable bonds is 11. The van der Waals surface area contributed by atoms with Crippen LogP contribution in [0.25, 0.3) is 16.9 Å². The molecule has 0 bridgehead atoms. The van der Waals surface area contributed by atoms with Gasteiger partial charge in [-0.15, -0.1) is 0 Å². The van der Waals surface area contributed by atoms with Crippen molar-refractivity contribution in [2.75, 3.05) is 19.5 Å². The lowest BCUT2D eigenvalue weighted by atomic mass is 9.94. The number of hydrogen-bond donors (Lipinski definition) is 3. The van der Waals surface area contributed by atoms with Gasteiger partial charge < -0.3 is 25.6 Å². The fourth-order valence-electron chi connectivity index (χ4n) is 4.21. The average Bonchev–Trinajstić information content (AvgIpc) is 3.37. The van der Waals surface area contributed by atoms with Gasteiger partial charge in [0, 0.05) is 35.5 Å². The van der Waals surface area contributed by atoms with Crippen LogP contribution in [0.1, 0.15) is 40.6 Å². The molecule has 0 aliphatic rings. The number of nitrogens with two attached hydrogens (primary N) is 1. The number of ether oxygens (including phenoxy) is 2. The van der Waals surface area contributed by atoms with Crippen LogP contribution in [0.4, 0.5) is 5.69 Å². The molecular weight excluding hydrogens is 502 g/mol. The number of amides is 1. The first-order chi connectivity index (χ1) is 18.7. The summed E-state index contributed by atoms with van der Waals surface area (Å²) >= 11 is 0. The summed E-state index contributed by atoms with van der Waals surface area (Å²) in [5, 5.41) is 16.2. The highest BCUT2D eigenvalue weighted by molar-refractivity contribution is 6.04. The van der Waals surface area contributed by atoms with Crippen molar-refractivity contribution in [2.24, 2.45) is 11.7 Å². The van der Waals surface area contributed by atoms with Crippen molar-refractivity contribution in [2.45, 2.75) is 25.8 Å².